The number of pyridine rings is 1. The summed E-state index contributed by atoms with van der Waals surface area (Å²) in [6.07, 6.45) is 4.53. The number of hydrazone groups is 1. The van der Waals surface area contributed by atoms with Gasteiger partial charge in [0, 0.05) is 18.0 Å². The van der Waals surface area contributed by atoms with Gasteiger partial charge in [0.2, 0.25) is 0 Å². The number of nitrogens with one attached hydrogen (secondary N) is 1. The summed E-state index contributed by atoms with van der Waals surface area (Å²) in [4.78, 5) is 26.8. The first-order valence-electron chi connectivity index (χ1n) is 8.91. The largest absolute Gasteiger partial charge is 0.545 e. The van der Waals surface area contributed by atoms with Gasteiger partial charge in [0.1, 0.15) is 6.61 Å². The van der Waals surface area contributed by atoms with Crippen molar-refractivity contribution in [2.45, 2.75) is 6.61 Å². The smallest absolute Gasteiger partial charge is 0.271 e. The van der Waals surface area contributed by atoms with Gasteiger partial charge in [0.25, 0.3) is 5.91 Å². The van der Waals surface area contributed by atoms with Crippen molar-refractivity contribution in [1.82, 2.24) is 10.4 Å². The minimum Gasteiger partial charge on any atom is -0.545 e. The summed E-state index contributed by atoms with van der Waals surface area (Å²) in [6, 6.07) is 14.7. The number of rotatable bonds is 8. The third kappa shape index (κ3) is 5.41. The van der Waals surface area contributed by atoms with E-state index in [0.29, 0.717) is 28.2 Å². The molecule has 0 bridgehead atoms. The summed E-state index contributed by atoms with van der Waals surface area (Å²) in [7, 11) is 1.51. The van der Waals surface area contributed by atoms with E-state index in [1.54, 1.807) is 42.5 Å². The zero-order valence-corrected chi connectivity index (χ0v) is 16.1. The highest BCUT2D eigenvalue weighted by Crippen LogP contribution is 2.28. The molecule has 152 valence electrons. The number of hydrogen-bond acceptors (Lipinski definition) is 7. The molecule has 2 aromatic carbocycles. The molecule has 8 nitrogen and oxygen atoms in total. The number of nitrogens with zero attached hydrogens (tertiary/aromatic N) is 2. The molecule has 0 saturated carbocycles. The Labute approximate surface area is 172 Å². The summed E-state index contributed by atoms with van der Waals surface area (Å²) in [5.41, 5.74) is 4.35. The number of benzene rings is 2. The molecule has 0 spiro atoms. The molecule has 3 rings (SSSR count). The monoisotopic (exact) mass is 404 g/mol. The first-order valence-corrected chi connectivity index (χ1v) is 8.91. The summed E-state index contributed by atoms with van der Waals surface area (Å²) in [5, 5.41) is 14.9. The van der Waals surface area contributed by atoms with Crippen LogP contribution in [-0.2, 0) is 6.61 Å². The van der Waals surface area contributed by atoms with Crippen LogP contribution in [0.15, 0.2) is 72.1 Å². The minimum atomic E-state index is -1.24. The third-order valence-corrected chi connectivity index (χ3v) is 4.07. The molecule has 0 fully saturated rings. The van der Waals surface area contributed by atoms with Gasteiger partial charge in [-0.15, -0.1) is 0 Å². The van der Waals surface area contributed by atoms with Crippen molar-refractivity contribution in [3.05, 3.63) is 89.2 Å². The van der Waals surface area contributed by atoms with Crippen molar-refractivity contribution in [3.8, 4) is 11.5 Å². The molecule has 0 radical (unpaired) electrons. The van der Waals surface area contributed by atoms with E-state index in [1.807, 2.05) is 0 Å². The number of hydrogen-bond donors (Lipinski definition) is 1. The Hall–Kier alpha value is -4.20. The van der Waals surface area contributed by atoms with E-state index >= 15 is 0 Å². The normalized spacial score (nSPS) is 10.6. The van der Waals surface area contributed by atoms with E-state index in [4.69, 9.17) is 9.47 Å². The third-order valence-electron chi connectivity index (χ3n) is 4.07. The van der Waals surface area contributed by atoms with E-state index in [-0.39, 0.29) is 18.1 Å². The van der Waals surface area contributed by atoms with Crippen LogP contribution in [0.2, 0.25) is 0 Å². The molecule has 1 aromatic heterocycles. The second kappa shape index (κ2) is 9.83. The molecule has 3 aromatic rings. The quantitative estimate of drug-likeness (QED) is 0.452. The number of carboxylic acid groups (broad SMARTS) is 1. The molecule has 1 amide bonds. The molecule has 0 aliphatic carbocycles. The summed E-state index contributed by atoms with van der Waals surface area (Å²) >= 11 is 0. The minimum absolute atomic E-state index is 0.0865. The molecule has 0 saturated heterocycles. The molecule has 8 heteroatoms. The van der Waals surface area contributed by atoms with E-state index in [2.05, 4.69) is 15.5 Å². The standard InChI is InChI=1S/C22H19N3O5/c1-29-20-12-15(13-24-25-21(26)17-7-9-23-10-8-17)5-6-19(20)30-14-16-3-2-4-18(11-16)22(27)28/h2-13H,14H2,1H3,(H,25,26)(H,27,28)/p-1. The molecule has 0 aliphatic heterocycles. The number of aromatic carboxylic acids is 1. The van der Waals surface area contributed by atoms with Gasteiger partial charge in [0.15, 0.2) is 11.5 Å². The molecular formula is C22H18N3O5-. The van der Waals surface area contributed by atoms with Gasteiger partial charge in [-0.3, -0.25) is 9.78 Å². The Morgan fingerprint density at radius 1 is 1.07 bits per heavy atom. The lowest BCUT2D eigenvalue weighted by atomic mass is 10.1. The highest BCUT2D eigenvalue weighted by Gasteiger charge is 2.07. The van der Waals surface area contributed by atoms with Crippen molar-refractivity contribution in [1.29, 1.82) is 0 Å². The Balaban J connectivity index is 1.64. The average molecular weight is 404 g/mol. The second-order valence-corrected chi connectivity index (χ2v) is 6.12. The van der Waals surface area contributed by atoms with Crippen LogP contribution in [0.5, 0.6) is 11.5 Å². The molecule has 1 heterocycles. The fourth-order valence-electron chi connectivity index (χ4n) is 2.57. The number of aromatic nitrogens is 1. The first-order chi connectivity index (χ1) is 14.6. The van der Waals surface area contributed by atoms with E-state index < -0.39 is 5.97 Å². The topological polar surface area (TPSA) is 113 Å². The van der Waals surface area contributed by atoms with Crippen molar-refractivity contribution in [2.24, 2.45) is 5.10 Å². The van der Waals surface area contributed by atoms with Gasteiger partial charge in [0.05, 0.1) is 19.3 Å². The van der Waals surface area contributed by atoms with E-state index in [0.717, 1.165) is 0 Å². The average Bonchev–Trinajstić information content (AvgIpc) is 2.78. The lowest BCUT2D eigenvalue weighted by molar-refractivity contribution is -0.255. The lowest BCUT2D eigenvalue weighted by Crippen LogP contribution is -2.22. The number of carboxylic acids is 1. The van der Waals surface area contributed by atoms with Gasteiger partial charge in [-0.1, -0.05) is 18.2 Å². The fourth-order valence-corrected chi connectivity index (χ4v) is 2.57. The highest BCUT2D eigenvalue weighted by atomic mass is 16.5. The maximum Gasteiger partial charge on any atom is 0.271 e. The SMILES string of the molecule is COc1cc(C=NNC(=O)c2ccncc2)ccc1OCc1cccc(C(=O)[O-])c1. The molecule has 30 heavy (non-hydrogen) atoms. The Bertz CT molecular complexity index is 1070. The maximum absolute atomic E-state index is 12.0. The predicted molar refractivity (Wildman–Crippen MR) is 107 cm³/mol. The Morgan fingerprint density at radius 2 is 1.87 bits per heavy atom. The van der Waals surface area contributed by atoms with Crippen LogP contribution in [0.1, 0.15) is 31.8 Å². The molecule has 1 N–H and O–H groups in total. The predicted octanol–water partition coefficient (Wildman–Crippen LogP) is 1.80. The lowest BCUT2D eigenvalue weighted by Gasteiger charge is -2.12. The number of amides is 1. The molecular weight excluding hydrogens is 386 g/mol. The molecule has 0 unspecified atom stereocenters. The molecule has 0 atom stereocenters. The first kappa shape index (κ1) is 20.5. The highest BCUT2D eigenvalue weighted by molar-refractivity contribution is 5.94. The van der Waals surface area contributed by atoms with Crippen molar-refractivity contribution in [3.63, 3.8) is 0 Å². The van der Waals surface area contributed by atoms with Crippen LogP contribution in [0.4, 0.5) is 0 Å². The van der Waals surface area contributed by atoms with Crippen LogP contribution in [0, 0.1) is 0 Å². The maximum atomic E-state index is 12.0. The van der Waals surface area contributed by atoms with E-state index in [1.165, 1.54) is 37.9 Å². The number of ether oxygens (including phenoxy) is 2. The van der Waals surface area contributed by atoms with Crippen LogP contribution < -0.4 is 20.0 Å². The van der Waals surface area contributed by atoms with Gasteiger partial charge < -0.3 is 19.4 Å². The van der Waals surface area contributed by atoms with Gasteiger partial charge in [-0.2, -0.15) is 5.10 Å². The van der Waals surface area contributed by atoms with Crippen molar-refractivity contribution in [2.75, 3.05) is 7.11 Å². The van der Waals surface area contributed by atoms with Crippen LogP contribution >= 0.6 is 0 Å². The van der Waals surface area contributed by atoms with Crippen molar-refractivity contribution >= 4 is 18.1 Å². The Kier molecular flexibility index (Phi) is 6.73. The number of methoxy groups -OCH3 is 1. The van der Waals surface area contributed by atoms with E-state index in [9.17, 15) is 14.7 Å². The fraction of sp³-hybridized carbons (Fsp3) is 0.0909. The van der Waals surface area contributed by atoms with Crippen LogP contribution in [0.25, 0.3) is 0 Å². The number of carbonyl (C=O) groups is 2. The van der Waals surface area contributed by atoms with Crippen LogP contribution in [-0.4, -0.2) is 30.2 Å². The van der Waals surface area contributed by atoms with Gasteiger partial charge in [-0.25, -0.2) is 5.43 Å². The van der Waals surface area contributed by atoms with Gasteiger partial charge in [-0.05, 0) is 53.1 Å². The molecule has 0 aliphatic rings. The zero-order chi connectivity index (χ0) is 21.3. The summed E-state index contributed by atoms with van der Waals surface area (Å²) in [6.45, 7) is 0.160. The summed E-state index contributed by atoms with van der Waals surface area (Å²) in [5.74, 6) is -0.641. The number of carbonyl (C=O) groups excluding carboxylic acids is 2. The Morgan fingerprint density at radius 3 is 2.60 bits per heavy atom. The second-order valence-electron chi connectivity index (χ2n) is 6.12. The van der Waals surface area contributed by atoms with Gasteiger partial charge >= 0.3 is 0 Å². The zero-order valence-electron chi connectivity index (χ0n) is 16.1. The summed E-state index contributed by atoms with van der Waals surface area (Å²) < 4.78 is 11.1. The van der Waals surface area contributed by atoms with Crippen LogP contribution in [0.3, 0.4) is 0 Å². The van der Waals surface area contributed by atoms with Crippen molar-refractivity contribution < 1.29 is 24.2 Å².